The number of hydrogen-bond donors (Lipinski definition) is 1. The topological polar surface area (TPSA) is 69.7 Å². The second kappa shape index (κ2) is 8.82. The number of amides is 1. The van der Waals surface area contributed by atoms with E-state index in [-0.39, 0.29) is 11.9 Å². The molecule has 1 amide bonds. The summed E-state index contributed by atoms with van der Waals surface area (Å²) in [7, 11) is -3.58. The third-order valence-corrected chi connectivity index (χ3v) is 7.54. The highest BCUT2D eigenvalue weighted by Gasteiger charge is 2.28. The smallest absolute Gasteiger partial charge is 0.239 e. The van der Waals surface area contributed by atoms with Crippen LogP contribution in [0.2, 0.25) is 0 Å². The lowest BCUT2D eigenvalue weighted by atomic mass is 9.88. The molecule has 1 aromatic carbocycles. The lowest BCUT2D eigenvalue weighted by Crippen LogP contribution is -2.51. The molecule has 1 heterocycles. The summed E-state index contributed by atoms with van der Waals surface area (Å²) in [5.74, 6) is -0.0734. The van der Waals surface area contributed by atoms with Gasteiger partial charge in [-0.1, -0.05) is 19.1 Å². The Morgan fingerprint density at radius 3 is 2.36 bits per heavy atom. The van der Waals surface area contributed by atoms with Gasteiger partial charge in [-0.05, 0) is 62.6 Å². The second-order valence-corrected chi connectivity index (χ2v) is 10.2. The molecule has 1 saturated heterocycles. The van der Waals surface area contributed by atoms with E-state index in [1.54, 1.807) is 4.90 Å². The van der Waals surface area contributed by atoms with Gasteiger partial charge in [-0.3, -0.25) is 4.79 Å². The Morgan fingerprint density at radius 1 is 1.07 bits per heavy atom. The van der Waals surface area contributed by atoms with Crippen molar-refractivity contribution < 1.29 is 13.2 Å². The van der Waals surface area contributed by atoms with E-state index in [1.807, 2.05) is 0 Å². The van der Waals surface area contributed by atoms with Gasteiger partial charge in [0.15, 0.2) is 0 Å². The number of piperazine rings is 1. The molecule has 0 spiro atoms. The maximum Gasteiger partial charge on any atom is 0.239 e. The van der Waals surface area contributed by atoms with Gasteiger partial charge in [-0.25, -0.2) is 13.1 Å². The van der Waals surface area contributed by atoms with E-state index >= 15 is 0 Å². The largest absolute Gasteiger partial charge is 0.368 e. The van der Waals surface area contributed by atoms with Crippen LogP contribution >= 0.6 is 0 Å². The highest BCUT2D eigenvalue weighted by atomic mass is 32.2. The van der Waals surface area contributed by atoms with E-state index in [0.717, 1.165) is 38.8 Å². The molecule has 28 heavy (non-hydrogen) atoms. The number of nitrogens with one attached hydrogen (secondary N) is 1. The predicted molar refractivity (Wildman–Crippen MR) is 113 cm³/mol. The molecule has 0 radical (unpaired) electrons. The predicted octanol–water partition coefficient (Wildman–Crippen LogP) is 2.45. The van der Waals surface area contributed by atoms with Crippen molar-refractivity contribution >= 4 is 21.6 Å². The first kappa shape index (κ1) is 21.1. The standard InChI is InChI=1S/C21H33N3O3S/c1-16-7-9-19(10-8-16)22-28(26,27)15-21(25)24-13-11-23(12-14-24)20-6-4-5-17(2)18(20)3/h4-6,16,19,22H,7-15H2,1-3H3. The van der Waals surface area contributed by atoms with Crippen molar-refractivity contribution in [2.75, 3.05) is 36.8 Å². The summed E-state index contributed by atoms with van der Waals surface area (Å²) >= 11 is 0. The maximum atomic E-state index is 12.6. The zero-order valence-corrected chi connectivity index (χ0v) is 18.1. The van der Waals surface area contributed by atoms with Crippen LogP contribution in [0.15, 0.2) is 18.2 Å². The zero-order valence-electron chi connectivity index (χ0n) is 17.3. The number of sulfonamides is 1. The Balaban J connectivity index is 1.51. The fraction of sp³-hybridized carbons (Fsp3) is 0.667. The second-order valence-electron chi connectivity index (χ2n) is 8.42. The highest BCUT2D eigenvalue weighted by molar-refractivity contribution is 7.90. The average Bonchev–Trinajstić information content (AvgIpc) is 2.65. The number of anilines is 1. The van der Waals surface area contributed by atoms with Crippen LogP contribution in [0.3, 0.4) is 0 Å². The minimum atomic E-state index is -3.58. The number of benzene rings is 1. The number of rotatable bonds is 5. The summed E-state index contributed by atoms with van der Waals surface area (Å²) in [6.45, 7) is 8.99. The van der Waals surface area contributed by atoms with Gasteiger partial charge in [0.1, 0.15) is 5.75 Å². The number of carbonyl (C=O) groups excluding carboxylic acids is 1. The minimum Gasteiger partial charge on any atom is -0.368 e. The van der Waals surface area contributed by atoms with Crippen LogP contribution in [-0.4, -0.2) is 57.2 Å². The van der Waals surface area contributed by atoms with Crippen molar-refractivity contribution in [1.82, 2.24) is 9.62 Å². The Morgan fingerprint density at radius 2 is 1.71 bits per heavy atom. The summed E-state index contributed by atoms with van der Waals surface area (Å²) in [6, 6.07) is 6.25. The molecule has 0 atom stereocenters. The summed E-state index contributed by atoms with van der Waals surface area (Å²) in [5.41, 5.74) is 3.72. The van der Waals surface area contributed by atoms with Crippen LogP contribution in [0.1, 0.15) is 43.7 Å². The van der Waals surface area contributed by atoms with Gasteiger partial charge in [0.25, 0.3) is 0 Å². The third-order valence-electron chi connectivity index (χ3n) is 6.22. The van der Waals surface area contributed by atoms with Crippen molar-refractivity contribution in [3.8, 4) is 0 Å². The molecule has 6 nitrogen and oxygen atoms in total. The third kappa shape index (κ3) is 5.26. The van der Waals surface area contributed by atoms with Crippen LogP contribution < -0.4 is 9.62 Å². The average molecular weight is 408 g/mol. The number of aryl methyl sites for hydroxylation is 1. The van der Waals surface area contributed by atoms with E-state index in [2.05, 4.69) is 48.6 Å². The molecule has 3 rings (SSSR count). The first-order valence-electron chi connectivity index (χ1n) is 10.3. The Bertz CT molecular complexity index is 793. The van der Waals surface area contributed by atoms with Gasteiger partial charge in [0, 0.05) is 37.9 Å². The normalized spacial score (nSPS) is 23.7. The zero-order chi connectivity index (χ0) is 20.3. The quantitative estimate of drug-likeness (QED) is 0.814. The molecule has 1 aliphatic carbocycles. The van der Waals surface area contributed by atoms with Crippen LogP contribution in [0.5, 0.6) is 0 Å². The van der Waals surface area contributed by atoms with Gasteiger partial charge in [0.05, 0.1) is 0 Å². The Labute approximate surface area is 169 Å². The maximum absolute atomic E-state index is 12.6. The molecule has 2 fully saturated rings. The summed E-state index contributed by atoms with van der Waals surface area (Å²) in [6.07, 6.45) is 3.81. The molecule has 0 unspecified atom stereocenters. The molecule has 7 heteroatoms. The lowest BCUT2D eigenvalue weighted by molar-refractivity contribution is -0.128. The number of hydrogen-bond acceptors (Lipinski definition) is 4. The first-order chi connectivity index (χ1) is 13.2. The van der Waals surface area contributed by atoms with E-state index in [1.165, 1.54) is 16.8 Å². The van der Waals surface area contributed by atoms with Gasteiger partial charge in [-0.15, -0.1) is 0 Å². The van der Waals surface area contributed by atoms with E-state index in [4.69, 9.17) is 0 Å². The molecule has 2 aliphatic rings. The van der Waals surface area contributed by atoms with Gasteiger partial charge < -0.3 is 9.80 Å². The van der Waals surface area contributed by atoms with E-state index in [0.29, 0.717) is 19.0 Å². The monoisotopic (exact) mass is 407 g/mol. The molecular weight excluding hydrogens is 374 g/mol. The van der Waals surface area contributed by atoms with Crippen molar-refractivity contribution in [3.05, 3.63) is 29.3 Å². The molecule has 1 aliphatic heterocycles. The molecule has 1 N–H and O–H groups in total. The Kier molecular flexibility index (Phi) is 6.65. The van der Waals surface area contributed by atoms with Crippen molar-refractivity contribution in [1.29, 1.82) is 0 Å². The summed E-state index contributed by atoms with van der Waals surface area (Å²) in [4.78, 5) is 16.5. The van der Waals surface area contributed by atoms with E-state index < -0.39 is 15.8 Å². The van der Waals surface area contributed by atoms with Crippen LogP contribution in [0.4, 0.5) is 5.69 Å². The molecule has 0 aromatic heterocycles. The van der Waals surface area contributed by atoms with Gasteiger partial charge in [0.2, 0.25) is 15.9 Å². The molecule has 1 aromatic rings. The van der Waals surface area contributed by atoms with Gasteiger partial charge >= 0.3 is 0 Å². The summed E-state index contributed by atoms with van der Waals surface area (Å²) < 4.78 is 27.6. The minimum absolute atomic E-state index is 0.0184. The molecular formula is C21H33N3O3S. The van der Waals surface area contributed by atoms with E-state index in [9.17, 15) is 13.2 Å². The molecule has 156 valence electrons. The van der Waals surface area contributed by atoms with Crippen molar-refractivity contribution in [2.24, 2.45) is 5.92 Å². The highest BCUT2D eigenvalue weighted by Crippen LogP contribution is 2.25. The fourth-order valence-corrected chi connectivity index (χ4v) is 5.54. The SMILES string of the molecule is Cc1cccc(N2CCN(C(=O)CS(=O)(=O)NC3CCC(C)CC3)CC2)c1C. The van der Waals surface area contributed by atoms with Crippen LogP contribution in [0.25, 0.3) is 0 Å². The van der Waals surface area contributed by atoms with Gasteiger partial charge in [-0.2, -0.15) is 0 Å². The van der Waals surface area contributed by atoms with Crippen LogP contribution in [-0.2, 0) is 14.8 Å². The van der Waals surface area contributed by atoms with Crippen molar-refractivity contribution in [2.45, 2.75) is 52.5 Å². The first-order valence-corrected chi connectivity index (χ1v) is 12.0. The molecule has 0 bridgehead atoms. The number of carbonyl (C=O) groups is 1. The lowest BCUT2D eigenvalue weighted by Gasteiger charge is -2.37. The van der Waals surface area contributed by atoms with Crippen LogP contribution in [0, 0.1) is 19.8 Å². The Hall–Kier alpha value is -1.60. The van der Waals surface area contributed by atoms with Crippen molar-refractivity contribution in [3.63, 3.8) is 0 Å². The fourth-order valence-electron chi connectivity index (χ4n) is 4.20. The summed E-state index contributed by atoms with van der Waals surface area (Å²) in [5, 5.41) is 0. The molecule has 1 saturated carbocycles. The number of nitrogens with zero attached hydrogens (tertiary/aromatic N) is 2.